The monoisotopic (exact) mass is 842 g/mol. The quantitative estimate of drug-likeness (QED) is 0.120. The average Bonchev–Trinajstić information content (AvgIpc) is 3.81. The minimum Gasteiger partial charge on any atom is -0.489 e. The second-order valence-corrected chi connectivity index (χ2v) is 16.2. The summed E-state index contributed by atoms with van der Waals surface area (Å²) in [6, 6.07) is 30.4. The van der Waals surface area contributed by atoms with E-state index in [4.69, 9.17) is 37.9 Å². The summed E-state index contributed by atoms with van der Waals surface area (Å²) < 4.78 is 12.2. The van der Waals surface area contributed by atoms with Gasteiger partial charge < -0.3 is 30.1 Å². The third-order valence-electron chi connectivity index (χ3n) is 11.4. The van der Waals surface area contributed by atoms with Gasteiger partial charge in [0.15, 0.2) is 0 Å². The van der Waals surface area contributed by atoms with Gasteiger partial charge in [0.25, 0.3) is 5.91 Å². The molecule has 1 aliphatic carbocycles. The number of carbonyl (C=O) groups is 4. The second kappa shape index (κ2) is 17.5. The van der Waals surface area contributed by atoms with Crippen LogP contribution >= 0.6 is 23.2 Å². The number of carbonyl (C=O) groups excluding carboxylic acids is 3. The molecule has 13 heteroatoms. The number of ether oxygens (including phenoxy) is 2. The summed E-state index contributed by atoms with van der Waals surface area (Å²) in [5, 5.41) is 25.9. The SMILES string of the molecule is N#Cc1ccc(-c2ccc(C[C@H](NC(=O)[C@@H]3Cc4cc5c(cc4CN3C(=O)C3CCCC3)OC(c3ccc(OCc4ccc(Cl)c(Cl)c4)cc3)C(=O)N5)C(=O)O)cc2)cc1. The number of carboxylic acids is 1. The molecule has 8 rings (SSSR count). The molecular weight excluding hydrogens is 803 g/mol. The Bertz CT molecular complexity index is 2500. The van der Waals surface area contributed by atoms with E-state index < -0.39 is 30.1 Å². The molecule has 3 atom stereocenters. The zero-order valence-electron chi connectivity index (χ0n) is 32.3. The van der Waals surface area contributed by atoms with Gasteiger partial charge in [0.2, 0.25) is 17.9 Å². The number of hydrogen-bond donors (Lipinski definition) is 3. The zero-order chi connectivity index (χ0) is 41.9. The lowest BCUT2D eigenvalue weighted by Crippen LogP contribution is -2.56. The summed E-state index contributed by atoms with van der Waals surface area (Å²) in [4.78, 5) is 55.8. The van der Waals surface area contributed by atoms with Crippen molar-refractivity contribution in [1.82, 2.24) is 10.2 Å². The van der Waals surface area contributed by atoms with E-state index in [1.807, 2.05) is 48.5 Å². The van der Waals surface area contributed by atoms with Gasteiger partial charge in [-0.1, -0.05) is 90.6 Å². The fraction of sp³-hybridized carbons (Fsp3) is 0.255. The van der Waals surface area contributed by atoms with Crippen molar-refractivity contribution < 1.29 is 33.8 Å². The number of benzene rings is 5. The number of nitrogens with one attached hydrogen (secondary N) is 2. The number of aliphatic carboxylic acids is 1. The number of rotatable bonds is 11. The Balaban J connectivity index is 0.974. The van der Waals surface area contributed by atoms with Crippen LogP contribution in [0.1, 0.15) is 65.2 Å². The molecule has 304 valence electrons. The Morgan fingerprint density at radius 1 is 0.883 bits per heavy atom. The maximum atomic E-state index is 14.1. The molecule has 3 aliphatic rings. The maximum Gasteiger partial charge on any atom is 0.326 e. The first-order valence-corrected chi connectivity index (χ1v) is 20.5. The molecule has 60 heavy (non-hydrogen) atoms. The van der Waals surface area contributed by atoms with Crippen molar-refractivity contribution in [2.75, 3.05) is 5.32 Å². The largest absolute Gasteiger partial charge is 0.489 e. The van der Waals surface area contributed by atoms with E-state index in [2.05, 4.69) is 16.7 Å². The lowest BCUT2D eigenvalue weighted by atomic mass is 9.90. The summed E-state index contributed by atoms with van der Waals surface area (Å²) in [7, 11) is 0. The zero-order valence-corrected chi connectivity index (χ0v) is 33.8. The van der Waals surface area contributed by atoms with E-state index in [1.165, 1.54) is 0 Å². The van der Waals surface area contributed by atoms with Crippen molar-refractivity contribution in [1.29, 1.82) is 5.26 Å². The van der Waals surface area contributed by atoms with Gasteiger partial charge >= 0.3 is 5.97 Å². The minimum atomic E-state index is -1.25. The molecule has 0 spiro atoms. The second-order valence-electron chi connectivity index (χ2n) is 15.4. The molecule has 2 heterocycles. The Morgan fingerprint density at radius 2 is 1.57 bits per heavy atom. The number of fused-ring (bicyclic) bond motifs is 2. The van der Waals surface area contributed by atoms with Gasteiger partial charge in [-0.2, -0.15) is 5.26 Å². The van der Waals surface area contributed by atoms with Crippen LogP contribution in [-0.4, -0.2) is 45.8 Å². The van der Waals surface area contributed by atoms with Gasteiger partial charge in [-0.25, -0.2) is 4.79 Å². The molecule has 1 saturated carbocycles. The lowest BCUT2D eigenvalue weighted by Gasteiger charge is -2.39. The van der Waals surface area contributed by atoms with Crippen LogP contribution in [0.3, 0.4) is 0 Å². The molecule has 1 fully saturated rings. The highest BCUT2D eigenvalue weighted by molar-refractivity contribution is 6.42. The van der Waals surface area contributed by atoms with Crippen molar-refractivity contribution in [2.45, 2.75) is 69.9 Å². The first-order valence-electron chi connectivity index (χ1n) is 19.8. The normalized spacial score (nSPS) is 17.6. The molecule has 5 aromatic rings. The number of halogens is 2. The molecule has 3 N–H and O–H groups in total. The van der Waals surface area contributed by atoms with E-state index in [0.717, 1.165) is 53.5 Å². The predicted octanol–water partition coefficient (Wildman–Crippen LogP) is 8.44. The summed E-state index contributed by atoms with van der Waals surface area (Å²) >= 11 is 12.2. The van der Waals surface area contributed by atoms with Gasteiger partial charge in [-0.15, -0.1) is 0 Å². The Morgan fingerprint density at radius 3 is 2.23 bits per heavy atom. The highest BCUT2D eigenvalue weighted by Gasteiger charge is 2.40. The number of nitriles is 1. The Labute approximate surface area is 356 Å². The fourth-order valence-corrected chi connectivity index (χ4v) is 8.41. The van der Waals surface area contributed by atoms with Gasteiger partial charge in [0.1, 0.15) is 30.2 Å². The first kappa shape index (κ1) is 40.4. The lowest BCUT2D eigenvalue weighted by molar-refractivity contribution is -0.147. The van der Waals surface area contributed by atoms with Gasteiger partial charge in [-0.3, -0.25) is 14.4 Å². The molecular formula is C47H40Cl2N4O7. The van der Waals surface area contributed by atoms with Crippen LogP contribution in [0.2, 0.25) is 10.0 Å². The van der Waals surface area contributed by atoms with Crippen molar-refractivity contribution in [3.8, 4) is 28.7 Å². The van der Waals surface area contributed by atoms with E-state index in [-0.39, 0.29) is 43.7 Å². The molecule has 11 nitrogen and oxygen atoms in total. The predicted molar refractivity (Wildman–Crippen MR) is 226 cm³/mol. The van der Waals surface area contributed by atoms with Crippen molar-refractivity contribution in [3.63, 3.8) is 0 Å². The van der Waals surface area contributed by atoms with Crippen LogP contribution in [0.25, 0.3) is 11.1 Å². The highest BCUT2D eigenvalue weighted by Crippen LogP contribution is 2.41. The Hall–Kier alpha value is -6.35. The van der Waals surface area contributed by atoms with Gasteiger partial charge in [0, 0.05) is 30.9 Å². The number of amides is 3. The summed E-state index contributed by atoms with van der Waals surface area (Å²) in [5.74, 6) is -1.45. The third kappa shape index (κ3) is 8.81. The Kier molecular flexibility index (Phi) is 11.8. The smallest absolute Gasteiger partial charge is 0.326 e. The molecule has 0 radical (unpaired) electrons. The van der Waals surface area contributed by atoms with Crippen LogP contribution in [-0.2, 0) is 45.2 Å². The number of hydrogen-bond acceptors (Lipinski definition) is 7. The standard InChI is InChI=1S/C47H40Cl2N4O7/c48-37-18-9-29(19-38(37)49)26-59-36-16-14-32(15-17-36)43-45(55)51-39-21-34-22-41(53(25-35(34)23-42(39)60-43)46(56)33-3-1-2-4-33)44(54)52-40(47(57)58)20-27-5-10-30(11-6-27)31-12-7-28(24-50)8-13-31/h5-19,21,23,33,40-41,43H,1-4,20,22,25-26H2,(H,51,55)(H,52,54)(H,57,58)/t40-,41-,43?/m0/s1. The van der Waals surface area contributed by atoms with E-state index in [1.54, 1.807) is 59.5 Å². The molecule has 0 saturated heterocycles. The third-order valence-corrected chi connectivity index (χ3v) is 12.1. The van der Waals surface area contributed by atoms with Crippen LogP contribution < -0.4 is 20.1 Å². The van der Waals surface area contributed by atoms with E-state index in [0.29, 0.717) is 43.9 Å². The molecule has 3 amide bonds. The van der Waals surface area contributed by atoms with Crippen molar-refractivity contribution in [2.24, 2.45) is 5.92 Å². The van der Waals surface area contributed by atoms with E-state index >= 15 is 0 Å². The average molecular weight is 844 g/mol. The molecule has 0 aromatic heterocycles. The molecule has 2 aliphatic heterocycles. The summed E-state index contributed by atoms with van der Waals surface area (Å²) in [6.45, 7) is 0.396. The summed E-state index contributed by atoms with van der Waals surface area (Å²) in [6.07, 6.45) is 2.52. The number of carboxylic acid groups (broad SMARTS) is 1. The van der Waals surface area contributed by atoms with Gasteiger partial charge in [0.05, 0.1) is 27.4 Å². The highest BCUT2D eigenvalue weighted by atomic mass is 35.5. The maximum absolute atomic E-state index is 14.1. The van der Waals surface area contributed by atoms with Crippen LogP contribution in [0.4, 0.5) is 5.69 Å². The van der Waals surface area contributed by atoms with Crippen molar-refractivity contribution >= 4 is 52.6 Å². The van der Waals surface area contributed by atoms with Crippen LogP contribution in [0.5, 0.6) is 11.5 Å². The van der Waals surface area contributed by atoms with Gasteiger partial charge in [-0.05, 0) is 94.8 Å². The van der Waals surface area contributed by atoms with Crippen LogP contribution in [0, 0.1) is 17.2 Å². The molecule has 0 bridgehead atoms. The van der Waals surface area contributed by atoms with Crippen LogP contribution in [0.15, 0.2) is 103 Å². The fourth-order valence-electron chi connectivity index (χ4n) is 8.09. The number of nitrogens with zero attached hydrogens (tertiary/aromatic N) is 2. The molecule has 1 unspecified atom stereocenters. The summed E-state index contributed by atoms with van der Waals surface area (Å²) in [5.41, 5.74) is 6.51. The van der Waals surface area contributed by atoms with Crippen molar-refractivity contribution in [3.05, 3.63) is 147 Å². The molecule has 5 aromatic carbocycles. The first-order chi connectivity index (χ1) is 29.0. The topological polar surface area (TPSA) is 158 Å². The minimum absolute atomic E-state index is 0.0289. The van der Waals surface area contributed by atoms with E-state index in [9.17, 15) is 24.3 Å². The number of anilines is 1.